The molecule has 1 N–H and O–H groups in total. The molecular formula is C10H14N2O3. The van der Waals surface area contributed by atoms with Gasteiger partial charge in [0.15, 0.2) is 0 Å². The van der Waals surface area contributed by atoms with Crippen molar-refractivity contribution in [1.29, 1.82) is 0 Å². The second kappa shape index (κ2) is 5.95. The fraction of sp³-hybridized carbons (Fsp3) is 0.500. The van der Waals surface area contributed by atoms with Gasteiger partial charge in [-0.05, 0) is 6.42 Å². The van der Waals surface area contributed by atoms with E-state index in [-0.39, 0.29) is 11.6 Å². The monoisotopic (exact) mass is 210 g/mol. The van der Waals surface area contributed by atoms with E-state index < -0.39 is 5.97 Å². The van der Waals surface area contributed by atoms with Crippen molar-refractivity contribution >= 4 is 18.2 Å². The summed E-state index contributed by atoms with van der Waals surface area (Å²) in [6, 6.07) is 0. The number of amides is 1. The van der Waals surface area contributed by atoms with Gasteiger partial charge in [0.25, 0.3) is 5.91 Å². The molecule has 0 aromatic rings. The molecule has 0 fully saturated rings. The van der Waals surface area contributed by atoms with Gasteiger partial charge in [0.1, 0.15) is 5.70 Å². The summed E-state index contributed by atoms with van der Waals surface area (Å²) >= 11 is 0. The lowest BCUT2D eigenvalue weighted by atomic mass is 10.3. The average Bonchev–Trinajstić information content (AvgIpc) is 2.59. The van der Waals surface area contributed by atoms with Gasteiger partial charge in [-0.15, -0.1) is 0 Å². The fourth-order valence-corrected chi connectivity index (χ4v) is 1.07. The molecule has 0 unspecified atom stereocenters. The summed E-state index contributed by atoms with van der Waals surface area (Å²) in [6.07, 6.45) is 5.30. The summed E-state index contributed by atoms with van der Waals surface area (Å²) in [5, 5.41) is 2.34. The molecule has 1 aliphatic heterocycles. The van der Waals surface area contributed by atoms with Crippen LogP contribution in [0.25, 0.3) is 0 Å². The number of carbonyl (C=O) groups is 2. The minimum Gasteiger partial charge on any atom is -0.462 e. The minimum absolute atomic E-state index is 0.0930. The van der Waals surface area contributed by atoms with Gasteiger partial charge in [-0.3, -0.25) is 4.79 Å². The minimum atomic E-state index is -0.518. The first-order valence-corrected chi connectivity index (χ1v) is 4.96. The first kappa shape index (κ1) is 11.4. The first-order chi connectivity index (χ1) is 7.24. The highest BCUT2D eigenvalue weighted by Crippen LogP contribution is 2.02. The predicted molar refractivity (Wildman–Crippen MR) is 55.2 cm³/mol. The molecule has 0 bridgehead atoms. The molecule has 0 saturated heterocycles. The zero-order chi connectivity index (χ0) is 11.1. The van der Waals surface area contributed by atoms with E-state index in [0.717, 1.165) is 25.3 Å². The smallest absolute Gasteiger partial charge is 0.333 e. The topological polar surface area (TPSA) is 67.8 Å². The van der Waals surface area contributed by atoms with Crippen LogP contribution in [0.4, 0.5) is 0 Å². The Labute approximate surface area is 88.2 Å². The van der Waals surface area contributed by atoms with Crippen LogP contribution in [-0.4, -0.2) is 24.8 Å². The van der Waals surface area contributed by atoms with Crippen molar-refractivity contribution in [2.24, 2.45) is 4.99 Å². The summed E-state index contributed by atoms with van der Waals surface area (Å²) in [6.45, 7) is 2.46. The lowest BCUT2D eigenvalue weighted by Gasteiger charge is -2.00. The van der Waals surface area contributed by atoms with Gasteiger partial charge in [0.2, 0.25) is 0 Å². The maximum absolute atomic E-state index is 11.2. The molecular weight excluding hydrogens is 196 g/mol. The highest BCUT2D eigenvalue weighted by Gasteiger charge is 2.14. The van der Waals surface area contributed by atoms with Crippen molar-refractivity contribution in [2.45, 2.75) is 26.2 Å². The van der Waals surface area contributed by atoms with E-state index in [4.69, 9.17) is 4.74 Å². The lowest BCUT2D eigenvalue weighted by Crippen LogP contribution is -2.16. The van der Waals surface area contributed by atoms with Crippen molar-refractivity contribution in [3.8, 4) is 0 Å². The van der Waals surface area contributed by atoms with Gasteiger partial charge in [-0.2, -0.15) is 0 Å². The van der Waals surface area contributed by atoms with E-state index in [0.29, 0.717) is 6.61 Å². The van der Waals surface area contributed by atoms with Gasteiger partial charge in [-0.1, -0.05) is 19.8 Å². The van der Waals surface area contributed by atoms with Crippen molar-refractivity contribution in [1.82, 2.24) is 5.32 Å². The molecule has 0 aromatic heterocycles. The molecule has 5 heteroatoms. The van der Waals surface area contributed by atoms with E-state index >= 15 is 0 Å². The molecule has 1 heterocycles. The SMILES string of the molecule is CCCCCOC(=O)C=C1N=CNC1=O. The largest absolute Gasteiger partial charge is 0.462 e. The zero-order valence-electron chi connectivity index (χ0n) is 8.66. The van der Waals surface area contributed by atoms with Gasteiger partial charge >= 0.3 is 5.97 Å². The third-order valence-corrected chi connectivity index (χ3v) is 1.88. The van der Waals surface area contributed by atoms with Gasteiger partial charge in [0, 0.05) is 0 Å². The highest BCUT2D eigenvalue weighted by atomic mass is 16.5. The van der Waals surface area contributed by atoms with Crippen LogP contribution in [-0.2, 0) is 14.3 Å². The number of esters is 1. The second-order valence-electron chi connectivity index (χ2n) is 3.14. The Morgan fingerprint density at radius 2 is 2.40 bits per heavy atom. The van der Waals surface area contributed by atoms with Crippen molar-refractivity contribution in [3.63, 3.8) is 0 Å². The molecule has 0 aromatic carbocycles. The molecule has 15 heavy (non-hydrogen) atoms. The highest BCUT2D eigenvalue weighted by molar-refractivity contribution is 6.08. The number of hydrogen-bond acceptors (Lipinski definition) is 4. The Balaban J connectivity index is 2.29. The number of ether oxygens (including phenoxy) is 1. The Bertz CT molecular complexity index is 308. The molecule has 82 valence electrons. The summed E-state index contributed by atoms with van der Waals surface area (Å²) in [5.41, 5.74) is 0.0930. The number of unbranched alkanes of at least 4 members (excludes halogenated alkanes) is 2. The van der Waals surface area contributed by atoms with Crippen molar-refractivity contribution in [2.75, 3.05) is 6.61 Å². The first-order valence-electron chi connectivity index (χ1n) is 4.96. The molecule has 0 spiro atoms. The average molecular weight is 210 g/mol. The van der Waals surface area contributed by atoms with Gasteiger partial charge in [-0.25, -0.2) is 9.79 Å². The Morgan fingerprint density at radius 3 is 3.00 bits per heavy atom. The third-order valence-electron chi connectivity index (χ3n) is 1.88. The molecule has 1 rings (SSSR count). The summed E-state index contributed by atoms with van der Waals surface area (Å²) in [4.78, 5) is 25.8. The predicted octanol–water partition coefficient (Wildman–Crippen LogP) is 0.762. The van der Waals surface area contributed by atoms with Gasteiger partial charge < -0.3 is 10.1 Å². The van der Waals surface area contributed by atoms with Crippen LogP contribution in [0.15, 0.2) is 16.8 Å². The quantitative estimate of drug-likeness (QED) is 0.414. The van der Waals surface area contributed by atoms with Crippen LogP contribution >= 0.6 is 0 Å². The number of carbonyl (C=O) groups excluding carboxylic acids is 2. The van der Waals surface area contributed by atoms with Crippen LogP contribution < -0.4 is 5.32 Å². The molecule has 0 radical (unpaired) electrons. The maximum atomic E-state index is 11.2. The molecule has 0 atom stereocenters. The maximum Gasteiger partial charge on any atom is 0.333 e. The lowest BCUT2D eigenvalue weighted by molar-refractivity contribution is -0.138. The Kier molecular flexibility index (Phi) is 4.53. The van der Waals surface area contributed by atoms with Crippen molar-refractivity contribution < 1.29 is 14.3 Å². The number of nitrogens with zero attached hydrogens (tertiary/aromatic N) is 1. The number of nitrogens with one attached hydrogen (secondary N) is 1. The Hall–Kier alpha value is -1.65. The van der Waals surface area contributed by atoms with Crippen LogP contribution in [0, 0.1) is 0 Å². The molecule has 0 saturated carbocycles. The number of aliphatic imine (C=N–C) groups is 1. The summed E-state index contributed by atoms with van der Waals surface area (Å²) in [7, 11) is 0. The van der Waals surface area contributed by atoms with Crippen LogP contribution in [0.1, 0.15) is 26.2 Å². The zero-order valence-corrected chi connectivity index (χ0v) is 8.66. The standard InChI is InChI=1S/C10H14N2O3/c1-2-3-4-5-15-9(13)6-8-10(14)12-7-11-8/h6-7H,2-5H2,1H3,(H,11,12,14). The van der Waals surface area contributed by atoms with Crippen LogP contribution in [0.3, 0.4) is 0 Å². The summed E-state index contributed by atoms with van der Waals surface area (Å²) in [5.74, 6) is -0.893. The normalized spacial score (nSPS) is 16.9. The third kappa shape index (κ3) is 3.93. The van der Waals surface area contributed by atoms with Gasteiger partial charge in [0.05, 0.1) is 19.0 Å². The molecule has 1 aliphatic rings. The summed E-state index contributed by atoms with van der Waals surface area (Å²) < 4.78 is 4.89. The molecule has 1 amide bonds. The van der Waals surface area contributed by atoms with Crippen LogP contribution in [0.5, 0.6) is 0 Å². The van der Waals surface area contributed by atoms with E-state index in [2.05, 4.69) is 17.2 Å². The van der Waals surface area contributed by atoms with E-state index in [1.54, 1.807) is 0 Å². The number of rotatable bonds is 5. The molecule has 0 aliphatic carbocycles. The van der Waals surface area contributed by atoms with Crippen LogP contribution in [0.2, 0.25) is 0 Å². The van der Waals surface area contributed by atoms with E-state index in [1.165, 1.54) is 6.34 Å². The Morgan fingerprint density at radius 1 is 1.60 bits per heavy atom. The number of hydrogen-bond donors (Lipinski definition) is 1. The van der Waals surface area contributed by atoms with E-state index in [9.17, 15) is 9.59 Å². The van der Waals surface area contributed by atoms with E-state index in [1.807, 2.05) is 0 Å². The second-order valence-corrected chi connectivity index (χ2v) is 3.14. The molecule has 5 nitrogen and oxygen atoms in total. The van der Waals surface area contributed by atoms with Crippen molar-refractivity contribution in [3.05, 3.63) is 11.8 Å². The fourth-order valence-electron chi connectivity index (χ4n) is 1.07.